The summed E-state index contributed by atoms with van der Waals surface area (Å²) < 4.78 is 38.9. The summed E-state index contributed by atoms with van der Waals surface area (Å²) in [6.45, 7) is 0. The van der Waals surface area contributed by atoms with Crippen LogP contribution in [-0.2, 0) is 6.42 Å². The highest BCUT2D eigenvalue weighted by Crippen LogP contribution is 2.19. The van der Waals surface area contributed by atoms with Crippen molar-refractivity contribution >= 4 is 6.01 Å². The Hall–Kier alpha value is -1.27. The number of nitrogens with two attached hydrogens (primary N) is 1. The Kier molecular flexibility index (Phi) is 1.71. The third-order valence-electron chi connectivity index (χ3n) is 0.842. The molecule has 1 heterocycles. The molecule has 1 aromatic rings. The summed E-state index contributed by atoms with van der Waals surface area (Å²) in [5, 5.41) is 2.97. The molecule has 1 rings (SSSR count). The standard InChI is InChI=1S/C4H4F3N3O/c5-4(6,7)1-2-9-3(8)11-10-2/h1H2,(H2,8,9,10). The summed E-state index contributed by atoms with van der Waals surface area (Å²) in [5.74, 6) is -0.449. The number of rotatable bonds is 1. The molecule has 0 bridgehead atoms. The molecule has 0 aliphatic rings. The van der Waals surface area contributed by atoms with Crippen molar-refractivity contribution in [1.82, 2.24) is 10.1 Å². The van der Waals surface area contributed by atoms with Crippen LogP contribution in [0.25, 0.3) is 0 Å². The van der Waals surface area contributed by atoms with Crippen molar-refractivity contribution in [2.24, 2.45) is 0 Å². The number of anilines is 1. The SMILES string of the molecule is Nc1nc(CC(F)(F)F)no1. The van der Waals surface area contributed by atoms with E-state index in [1.807, 2.05) is 0 Å². The summed E-state index contributed by atoms with van der Waals surface area (Å²) in [7, 11) is 0. The van der Waals surface area contributed by atoms with Crippen molar-refractivity contribution in [3.05, 3.63) is 5.82 Å². The molecular formula is C4H4F3N3O. The first-order chi connectivity index (χ1) is 4.97. The number of nitrogens with zero attached hydrogens (tertiary/aromatic N) is 2. The quantitative estimate of drug-likeness (QED) is 0.670. The van der Waals surface area contributed by atoms with Gasteiger partial charge in [0.2, 0.25) is 0 Å². The van der Waals surface area contributed by atoms with E-state index < -0.39 is 18.4 Å². The highest BCUT2D eigenvalue weighted by molar-refractivity contribution is 5.07. The first kappa shape index (κ1) is 7.83. The van der Waals surface area contributed by atoms with Crippen LogP contribution in [0.1, 0.15) is 5.82 Å². The van der Waals surface area contributed by atoms with E-state index in [0.29, 0.717) is 0 Å². The Bertz CT molecular complexity index is 243. The Morgan fingerprint density at radius 3 is 2.45 bits per heavy atom. The minimum atomic E-state index is -4.32. The van der Waals surface area contributed by atoms with Gasteiger partial charge >= 0.3 is 12.2 Å². The second-order valence-corrected chi connectivity index (χ2v) is 1.84. The van der Waals surface area contributed by atoms with Gasteiger partial charge in [0.25, 0.3) is 0 Å². The van der Waals surface area contributed by atoms with Crippen LogP contribution in [0, 0.1) is 0 Å². The van der Waals surface area contributed by atoms with Gasteiger partial charge in [-0.05, 0) is 0 Å². The van der Waals surface area contributed by atoms with E-state index in [1.165, 1.54) is 0 Å². The second-order valence-electron chi connectivity index (χ2n) is 1.84. The molecule has 1 aromatic heterocycles. The number of halogens is 3. The van der Waals surface area contributed by atoms with E-state index in [2.05, 4.69) is 14.7 Å². The lowest BCUT2D eigenvalue weighted by Crippen LogP contribution is -2.12. The maximum atomic E-state index is 11.6. The maximum absolute atomic E-state index is 11.6. The number of hydrogen-bond acceptors (Lipinski definition) is 4. The van der Waals surface area contributed by atoms with Gasteiger partial charge in [-0.1, -0.05) is 5.16 Å². The minimum Gasteiger partial charge on any atom is -0.351 e. The Labute approximate surface area is 59.2 Å². The average molecular weight is 167 g/mol. The van der Waals surface area contributed by atoms with Crippen LogP contribution < -0.4 is 5.73 Å². The van der Waals surface area contributed by atoms with E-state index >= 15 is 0 Å². The normalized spacial score (nSPS) is 11.9. The van der Waals surface area contributed by atoms with E-state index in [-0.39, 0.29) is 6.01 Å². The zero-order chi connectivity index (χ0) is 8.48. The summed E-state index contributed by atoms with van der Waals surface area (Å²) in [4.78, 5) is 3.18. The van der Waals surface area contributed by atoms with Gasteiger partial charge < -0.3 is 10.3 Å². The lowest BCUT2D eigenvalue weighted by Gasteiger charge is -1.99. The van der Waals surface area contributed by atoms with Crippen LogP contribution in [0.2, 0.25) is 0 Å². The third-order valence-corrected chi connectivity index (χ3v) is 0.842. The molecule has 0 fully saturated rings. The van der Waals surface area contributed by atoms with Crippen molar-refractivity contribution in [2.75, 3.05) is 5.73 Å². The van der Waals surface area contributed by atoms with Gasteiger partial charge in [-0.25, -0.2) is 0 Å². The predicted molar refractivity (Wildman–Crippen MR) is 28.5 cm³/mol. The third kappa shape index (κ3) is 2.44. The highest BCUT2D eigenvalue weighted by Gasteiger charge is 2.30. The fraction of sp³-hybridized carbons (Fsp3) is 0.500. The summed E-state index contributed by atoms with van der Waals surface area (Å²) in [6, 6.07) is -0.357. The van der Waals surface area contributed by atoms with Crippen molar-refractivity contribution in [3.8, 4) is 0 Å². The Balaban J connectivity index is 2.65. The van der Waals surface area contributed by atoms with Crippen LogP contribution in [0.3, 0.4) is 0 Å². The van der Waals surface area contributed by atoms with Crippen LogP contribution in [-0.4, -0.2) is 16.3 Å². The van der Waals surface area contributed by atoms with Crippen molar-refractivity contribution in [1.29, 1.82) is 0 Å². The monoisotopic (exact) mass is 167 g/mol. The first-order valence-electron chi connectivity index (χ1n) is 2.62. The molecule has 0 aliphatic carbocycles. The predicted octanol–water partition coefficient (Wildman–Crippen LogP) is 0.757. The molecule has 0 unspecified atom stereocenters. The molecule has 0 spiro atoms. The van der Waals surface area contributed by atoms with E-state index in [1.54, 1.807) is 0 Å². The number of nitrogen functional groups attached to an aromatic ring is 1. The smallest absolute Gasteiger partial charge is 0.351 e. The molecular weight excluding hydrogens is 163 g/mol. The van der Waals surface area contributed by atoms with Crippen molar-refractivity contribution in [2.45, 2.75) is 12.6 Å². The molecule has 4 nitrogen and oxygen atoms in total. The summed E-state index contributed by atoms with van der Waals surface area (Å²) >= 11 is 0. The molecule has 11 heavy (non-hydrogen) atoms. The lowest BCUT2D eigenvalue weighted by atomic mass is 10.4. The molecule has 0 amide bonds. The Morgan fingerprint density at radius 2 is 2.09 bits per heavy atom. The van der Waals surface area contributed by atoms with Crippen LogP contribution in [0.5, 0.6) is 0 Å². The van der Waals surface area contributed by atoms with E-state index in [9.17, 15) is 13.2 Å². The minimum absolute atomic E-state index is 0.357. The molecule has 0 aliphatic heterocycles. The second kappa shape index (κ2) is 2.40. The first-order valence-corrected chi connectivity index (χ1v) is 2.62. The number of aromatic nitrogens is 2. The fourth-order valence-electron chi connectivity index (χ4n) is 0.519. The highest BCUT2D eigenvalue weighted by atomic mass is 19.4. The lowest BCUT2D eigenvalue weighted by molar-refractivity contribution is -0.128. The summed E-state index contributed by atoms with van der Waals surface area (Å²) in [6.07, 6.45) is -5.54. The van der Waals surface area contributed by atoms with Crippen molar-refractivity contribution < 1.29 is 17.7 Å². The molecule has 62 valence electrons. The van der Waals surface area contributed by atoms with Gasteiger partial charge in [-0.3, -0.25) is 0 Å². The van der Waals surface area contributed by atoms with Gasteiger partial charge in [-0.2, -0.15) is 18.2 Å². The van der Waals surface area contributed by atoms with Crippen LogP contribution in [0.4, 0.5) is 19.2 Å². The molecule has 0 atom stereocenters. The van der Waals surface area contributed by atoms with E-state index in [0.717, 1.165) is 0 Å². The van der Waals surface area contributed by atoms with Gasteiger partial charge in [-0.15, -0.1) is 0 Å². The largest absolute Gasteiger partial charge is 0.396 e. The number of hydrogen-bond donors (Lipinski definition) is 1. The maximum Gasteiger partial charge on any atom is 0.396 e. The van der Waals surface area contributed by atoms with Crippen LogP contribution in [0.15, 0.2) is 4.52 Å². The summed E-state index contributed by atoms with van der Waals surface area (Å²) in [5.41, 5.74) is 4.89. The molecule has 2 N–H and O–H groups in total. The van der Waals surface area contributed by atoms with Gasteiger partial charge in [0.1, 0.15) is 6.42 Å². The van der Waals surface area contributed by atoms with Gasteiger partial charge in [0, 0.05) is 0 Å². The Morgan fingerprint density at radius 1 is 1.45 bits per heavy atom. The topological polar surface area (TPSA) is 64.9 Å². The van der Waals surface area contributed by atoms with Crippen molar-refractivity contribution in [3.63, 3.8) is 0 Å². The molecule has 0 saturated heterocycles. The van der Waals surface area contributed by atoms with E-state index in [4.69, 9.17) is 5.73 Å². The number of alkyl halides is 3. The molecule has 0 aromatic carbocycles. The molecule has 0 saturated carbocycles. The van der Waals surface area contributed by atoms with Gasteiger partial charge in [0.15, 0.2) is 5.82 Å². The van der Waals surface area contributed by atoms with Crippen LogP contribution >= 0.6 is 0 Å². The van der Waals surface area contributed by atoms with Gasteiger partial charge in [0.05, 0.1) is 0 Å². The molecule has 0 radical (unpaired) electrons. The average Bonchev–Trinajstić information content (AvgIpc) is 2.10. The zero-order valence-corrected chi connectivity index (χ0v) is 5.22. The molecule has 7 heteroatoms. The zero-order valence-electron chi connectivity index (χ0n) is 5.22. The fourth-order valence-corrected chi connectivity index (χ4v) is 0.519.